The van der Waals surface area contributed by atoms with Crippen molar-refractivity contribution in [3.63, 3.8) is 0 Å². The van der Waals surface area contributed by atoms with Crippen LogP contribution in [0.3, 0.4) is 0 Å². The van der Waals surface area contributed by atoms with E-state index in [4.69, 9.17) is 0 Å². The van der Waals surface area contributed by atoms with Crippen LogP contribution in [0.2, 0.25) is 0 Å². The van der Waals surface area contributed by atoms with Crippen molar-refractivity contribution in [3.05, 3.63) is 0 Å². The van der Waals surface area contributed by atoms with Crippen molar-refractivity contribution < 1.29 is 0 Å². The smallest absolute Gasteiger partial charge is 0.00775 e. The summed E-state index contributed by atoms with van der Waals surface area (Å²) in [4.78, 5) is 0. The maximum Gasteiger partial charge on any atom is -0.00775 e. The molecule has 0 atom stereocenters. The number of hydrogen-bond acceptors (Lipinski definition) is 1. The first kappa shape index (κ1) is 15.8. The van der Waals surface area contributed by atoms with Crippen LogP contribution in [0.15, 0.2) is 0 Å². The lowest BCUT2D eigenvalue weighted by atomic mass is 10.7. The Bertz CT molecular complexity index is 11.7. The molecule has 1 N–H and O–H groups in total. The molecule has 1 heteroatoms. The summed E-state index contributed by atoms with van der Waals surface area (Å²) in [7, 11) is 0. The van der Waals surface area contributed by atoms with Crippen LogP contribution in [0.5, 0.6) is 0 Å². The van der Waals surface area contributed by atoms with Crippen molar-refractivity contribution in [1.29, 1.82) is 0 Å². The molecule has 0 fully saturated rings. The predicted molar refractivity (Wildman–Crippen MR) is 37.7 cm³/mol. The van der Waals surface area contributed by atoms with Gasteiger partial charge in [-0.1, -0.05) is 28.7 Å². The minimum absolute atomic E-state index is 0. The van der Waals surface area contributed by atoms with E-state index in [1.165, 1.54) is 0 Å². The molecule has 0 heterocycles. The van der Waals surface area contributed by atoms with Crippen LogP contribution in [-0.2, 0) is 0 Å². The summed E-state index contributed by atoms with van der Waals surface area (Å²) >= 11 is 0. The lowest BCUT2D eigenvalue weighted by Gasteiger charge is -1.86. The van der Waals surface area contributed by atoms with Crippen molar-refractivity contribution in [3.8, 4) is 0 Å². The molecule has 7 heavy (non-hydrogen) atoms. The van der Waals surface area contributed by atoms with Crippen molar-refractivity contribution in [2.75, 3.05) is 13.1 Å². The molecule has 0 bridgehead atoms. The average molecular weight is 105 g/mol. The Kier molecular flexibility index (Phi) is 37.7. The summed E-state index contributed by atoms with van der Waals surface area (Å²) in [6.45, 7) is 6.39. The molecule has 0 aromatic heterocycles. The minimum Gasteiger partial charge on any atom is -0.317 e. The van der Waals surface area contributed by atoms with Crippen molar-refractivity contribution in [2.45, 2.75) is 28.7 Å². The van der Waals surface area contributed by atoms with Gasteiger partial charge in [0.1, 0.15) is 0 Å². The Morgan fingerprint density at radius 3 is 1.29 bits per heavy atom. The molecular weight excluding hydrogens is 86.1 g/mol. The third-order valence-corrected chi connectivity index (χ3v) is 0.500. The zero-order chi connectivity index (χ0) is 4.12. The highest BCUT2D eigenvalue weighted by Crippen LogP contribution is 1.47. The summed E-state index contributed by atoms with van der Waals surface area (Å²) in [6.07, 6.45) is 0. The number of rotatable bonds is 2. The van der Waals surface area contributed by atoms with Gasteiger partial charge < -0.3 is 5.32 Å². The minimum atomic E-state index is 0. The Morgan fingerprint density at radius 1 is 1.00 bits per heavy atom. The molecule has 0 unspecified atom stereocenters. The fraction of sp³-hybridized carbons (Fsp3) is 1.00. The first-order valence-corrected chi connectivity index (χ1v) is 2.12. The van der Waals surface area contributed by atoms with Gasteiger partial charge >= 0.3 is 0 Å². The molecular formula is C6H19N. The molecule has 0 aliphatic rings. The lowest BCUT2D eigenvalue weighted by molar-refractivity contribution is 0.762. The Labute approximate surface area is 48.1 Å². The standard InChI is InChI=1S/C4H11N.2CH4/c1-3-5-4-2;;/h5H,3-4H2,1-2H3;2*1H4. The molecule has 0 rings (SSSR count). The molecule has 0 aliphatic heterocycles. The molecule has 0 radical (unpaired) electrons. The van der Waals surface area contributed by atoms with Crippen molar-refractivity contribution >= 4 is 0 Å². The van der Waals surface area contributed by atoms with E-state index in [-0.39, 0.29) is 14.9 Å². The van der Waals surface area contributed by atoms with E-state index < -0.39 is 0 Å². The highest BCUT2D eigenvalue weighted by molar-refractivity contribution is 4.27. The predicted octanol–water partition coefficient (Wildman–Crippen LogP) is 1.89. The lowest BCUT2D eigenvalue weighted by Crippen LogP contribution is -2.09. The fourth-order valence-corrected chi connectivity index (χ4v) is 0.250. The topological polar surface area (TPSA) is 12.0 Å². The van der Waals surface area contributed by atoms with Crippen LogP contribution in [0.25, 0.3) is 0 Å². The second-order valence-electron chi connectivity index (χ2n) is 0.957. The highest BCUT2D eigenvalue weighted by atomic mass is 14.8. The summed E-state index contributed by atoms with van der Waals surface area (Å²) < 4.78 is 0. The molecule has 0 aromatic rings. The van der Waals surface area contributed by atoms with E-state index in [2.05, 4.69) is 19.2 Å². The van der Waals surface area contributed by atoms with Crippen LogP contribution in [0, 0.1) is 0 Å². The second kappa shape index (κ2) is 16.7. The third-order valence-electron chi connectivity index (χ3n) is 0.500. The Hall–Kier alpha value is -0.0400. The molecule has 1 nitrogen and oxygen atoms in total. The van der Waals surface area contributed by atoms with Gasteiger partial charge in [0.15, 0.2) is 0 Å². The van der Waals surface area contributed by atoms with E-state index in [1.807, 2.05) is 0 Å². The monoisotopic (exact) mass is 105 g/mol. The van der Waals surface area contributed by atoms with Crippen LogP contribution in [0.1, 0.15) is 28.7 Å². The van der Waals surface area contributed by atoms with Crippen LogP contribution in [-0.4, -0.2) is 13.1 Å². The van der Waals surface area contributed by atoms with E-state index in [0.717, 1.165) is 13.1 Å². The Morgan fingerprint density at radius 2 is 1.29 bits per heavy atom. The molecule has 0 aliphatic carbocycles. The average Bonchev–Trinajstić information content (AvgIpc) is 1.41. The van der Waals surface area contributed by atoms with E-state index >= 15 is 0 Å². The first-order valence-electron chi connectivity index (χ1n) is 2.12. The van der Waals surface area contributed by atoms with Gasteiger partial charge in [0.05, 0.1) is 0 Å². The van der Waals surface area contributed by atoms with Gasteiger partial charge in [0.2, 0.25) is 0 Å². The Balaban J connectivity index is -0.0000000800. The van der Waals surface area contributed by atoms with E-state index in [0.29, 0.717) is 0 Å². The molecule has 0 saturated carbocycles. The van der Waals surface area contributed by atoms with Gasteiger partial charge in [-0.15, -0.1) is 0 Å². The van der Waals surface area contributed by atoms with Gasteiger partial charge in [-0.25, -0.2) is 0 Å². The van der Waals surface area contributed by atoms with Crippen LogP contribution >= 0.6 is 0 Å². The van der Waals surface area contributed by atoms with Crippen molar-refractivity contribution in [2.24, 2.45) is 0 Å². The molecule has 0 saturated heterocycles. The highest BCUT2D eigenvalue weighted by Gasteiger charge is 1.62. The van der Waals surface area contributed by atoms with Gasteiger partial charge in [0.25, 0.3) is 0 Å². The maximum atomic E-state index is 3.11. The largest absolute Gasteiger partial charge is 0.317 e. The van der Waals surface area contributed by atoms with Crippen LogP contribution in [0.4, 0.5) is 0 Å². The van der Waals surface area contributed by atoms with Gasteiger partial charge in [-0.3, -0.25) is 0 Å². The zero-order valence-corrected chi connectivity index (χ0v) is 3.91. The zero-order valence-electron chi connectivity index (χ0n) is 3.91. The van der Waals surface area contributed by atoms with E-state index in [9.17, 15) is 0 Å². The third kappa shape index (κ3) is 24.3. The van der Waals surface area contributed by atoms with Gasteiger partial charge in [0, 0.05) is 0 Å². The summed E-state index contributed by atoms with van der Waals surface area (Å²) in [5, 5.41) is 3.11. The van der Waals surface area contributed by atoms with Crippen LogP contribution < -0.4 is 5.32 Å². The first-order chi connectivity index (χ1) is 2.41. The summed E-state index contributed by atoms with van der Waals surface area (Å²) in [6, 6.07) is 0. The quantitative estimate of drug-likeness (QED) is 0.565. The van der Waals surface area contributed by atoms with Crippen molar-refractivity contribution in [1.82, 2.24) is 5.32 Å². The van der Waals surface area contributed by atoms with E-state index in [1.54, 1.807) is 0 Å². The molecule has 0 spiro atoms. The molecule has 0 aromatic carbocycles. The second-order valence-corrected chi connectivity index (χ2v) is 0.957. The maximum absolute atomic E-state index is 3.11. The molecule has 0 amide bonds. The summed E-state index contributed by atoms with van der Waals surface area (Å²) in [5.41, 5.74) is 0. The number of hydrogen-bond donors (Lipinski definition) is 1. The fourth-order valence-electron chi connectivity index (χ4n) is 0.250. The summed E-state index contributed by atoms with van der Waals surface area (Å²) in [5.74, 6) is 0. The molecule has 48 valence electrons. The van der Waals surface area contributed by atoms with Gasteiger partial charge in [-0.05, 0) is 13.1 Å². The van der Waals surface area contributed by atoms with Gasteiger partial charge in [-0.2, -0.15) is 0 Å². The number of nitrogens with one attached hydrogen (secondary N) is 1. The SMILES string of the molecule is C.C.CCNCC. The normalized spacial score (nSPS) is 6.00.